The first kappa shape index (κ1) is 13.4. The number of aromatic hydroxyl groups is 1. The zero-order valence-electron chi connectivity index (χ0n) is 10.7. The van der Waals surface area contributed by atoms with Crippen LogP contribution in [0.1, 0.15) is 16.7 Å². The summed E-state index contributed by atoms with van der Waals surface area (Å²) in [4.78, 5) is 4.90. The average Bonchev–Trinajstić information content (AvgIpc) is 2.40. The lowest BCUT2D eigenvalue weighted by Gasteiger charge is -2.09. The number of aryl methyl sites for hydroxylation is 1. The van der Waals surface area contributed by atoms with E-state index in [1.54, 1.807) is 18.2 Å². The monoisotopic (exact) mass is 275 g/mol. The molecule has 0 aliphatic rings. The van der Waals surface area contributed by atoms with Crippen LogP contribution in [0.3, 0.4) is 0 Å². The summed E-state index contributed by atoms with van der Waals surface area (Å²) in [7, 11) is 1.49. The Labute approximate surface area is 117 Å². The van der Waals surface area contributed by atoms with E-state index < -0.39 is 0 Å². The molecule has 0 fully saturated rings. The molecule has 0 bridgehead atoms. The van der Waals surface area contributed by atoms with E-state index in [2.05, 4.69) is 5.16 Å². The maximum absolute atomic E-state index is 9.58. The van der Waals surface area contributed by atoms with Gasteiger partial charge in [0.2, 0.25) is 0 Å². The van der Waals surface area contributed by atoms with Gasteiger partial charge in [-0.25, -0.2) is 0 Å². The SMILES string of the molecule is CON=C(c1ccc(O)c(C)c1)c1ccccc1Cl. The Morgan fingerprint density at radius 3 is 2.58 bits per heavy atom. The first-order chi connectivity index (χ1) is 9.13. The highest BCUT2D eigenvalue weighted by Gasteiger charge is 2.12. The third kappa shape index (κ3) is 2.88. The summed E-state index contributed by atoms with van der Waals surface area (Å²) in [6, 6.07) is 12.7. The second-order valence-corrected chi connectivity index (χ2v) is 4.51. The largest absolute Gasteiger partial charge is 0.508 e. The van der Waals surface area contributed by atoms with E-state index in [-0.39, 0.29) is 5.75 Å². The minimum atomic E-state index is 0.250. The Hall–Kier alpha value is -2.00. The molecule has 0 heterocycles. The minimum absolute atomic E-state index is 0.250. The van der Waals surface area contributed by atoms with Gasteiger partial charge in [0, 0.05) is 11.1 Å². The predicted molar refractivity (Wildman–Crippen MR) is 76.9 cm³/mol. The van der Waals surface area contributed by atoms with Crippen molar-refractivity contribution in [3.63, 3.8) is 0 Å². The highest BCUT2D eigenvalue weighted by atomic mass is 35.5. The van der Waals surface area contributed by atoms with E-state index in [9.17, 15) is 5.11 Å². The predicted octanol–water partition coefficient (Wildman–Crippen LogP) is 3.75. The Balaban J connectivity index is 2.56. The summed E-state index contributed by atoms with van der Waals surface area (Å²) in [5.41, 5.74) is 3.03. The molecule has 0 atom stereocenters. The normalized spacial score (nSPS) is 11.4. The number of hydrogen-bond acceptors (Lipinski definition) is 3. The molecule has 0 saturated heterocycles. The quantitative estimate of drug-likeness (QED) is 0.685. The van der Waals surface area contributed by atoms with E-state index in [1.807, 2.05) is 31.2 Å². The number of benzene rings is 2. The zero-order chi connectivity index (χ0) is 13.8. The van der Waals surface area contributed by atoms with Gasteiger partial charge in [0.15, 0.2) is 0 Å². The molecule has 0 spiro atoms. The number of rotatable bonds is 3. The molecule has 4 heteroatoms. The number of nitrogens with zero attached hydrogens (tertiary/aromatic N) is 1. The van der Waals surface area contributed by atoms with Gasteiger partial charge in [-0.05, 0) is 36.8 Å². The summed E-state index contributed by atoms with van der Waals surface area (Å²) < 4.78 is 0. The van der Waals surface area contributed by atoms with Crippen LogP contribution in [0.2, 0.25) is 5.02 Å². The van der Waals surface area contributed by atoms with Crippen LogP contribution in [-0.4, -0.2) is 17.9 Å². The van der Waals surface area contributed by atoms with Crippen molar-refractivity contribution in [3.05, 3.63) is 64.2 Å². The van der Waals surface area contributed by atoms with Crippen LogP contribution < -0.4 is 0 Å². The molecule has 0 unspecified atom stereocenters. The summed E-state index contributed by atoms with van der Waals surface area (Å²) in [5.74, 6) is 0.250. The van der Waals surface area contributed by atoms with E-state index in [4.69, 9.17) is 16.4 Å². The molecule has 1 N–H and O–H groups in total. The fourth-order valence-electron chi connectivity index (χ4n) is 1.80. The highest BCUT2D eigenvalue weighted by molar-refractivity contribution is 6.35. The molecule has 2 aromatic rings. The first-order valence-corrected chi connectivity index (χ1v) is 6.17. The number of hydrogen-bond donors (Lipinski definition) is 1. The maximum Gasteiger partial charge on any atom is 0.118 e. The lowest BCUT2D eigenvalue weighted by Crippen LogP contribution is -2.05. The maximum atomic E-state index is 9.58. The van der Waals surface area contributed by atoms with Crippen LogP contribution >= 0.6 is 11.6 Å². The van der Waals surface area contributed by atoms with E-state index in [0.29, 0.717) is 10.7 Å². The molecular weight excluding hydrogens is 262 g/mol. The van der Waals surface area contributed by atoms with Crippen LogP contribution in [-0.2, 0) is 4.84 Å². The second kappa shape index (κ2) is 5.76. The molecule has 3 nitrogen and oxygen atoms in total. The smallest absolute Gasteiger partial charge is 0.118 e. The molecule has 0 radical (unpaired) electrons. The standard InChI is InChI=1S/C15H14ClNO2/c1-10-9-11(7-8-14(10)18)15(17-19-2)12-5-3-4-6-13(12)16/h3-9,18H,1-2H3. The molecule has 0 aliphatic carbocycles. The van der Waals surface area contributed by atoms with Gasteiger partial charge in [-0.1, -0.05) is 35.0 Å². The van der Waals surface area contributed by atoms with Crippen molar-refractivity contribution in [2.45, 2.75) is 6.92 Å². The Bertz CT molecular complexity index is 623. The third-order valence-corrected chi connectivity index (χ3v) is 3.11. The molecular formula is C15H14ClNO2. The molecule has 0 saturated carbocycles. The van der Waals surface area contributed by atoms with Crippen molar-refractivity contribution >= 4 is 17.3 Å². The fraction of sp³-hybridized carbons (Fsp3) is 0.133. The third-order valence-electron chi connectivity index (χ3n) is 2.78. The fourth-order valence-corrected chi connectivity index (χ4v) is 2.03. The minimum Gasteiger partial charge on any atom is -0.508 e. The van der Waals surface area contributed by atoms with Crippen LogP contribution in [0, 0.1) is 6.92 Å². The van der Waals surface area contributed by atoms with Crippen molar-refractivity contribution in [2.75, 3.05) is 7.11 Å². The van der Waals surface area contributed by atoms with Crippen LogP contribution in [0.25, 0.3) is 0 Å². The number of oxime groups is 1. The topological polar surface area (TPSA) is 41.8 Å². The summed E-state index contributed by atoms with van der Waals surface area (Å²) in [5, 5.41) is 14.2. The van der Waals surface area contributed by atoms with Crippen molar-refractivity contribution < 1.29 is 9.94 Å². The number of phenols is 1. The summed E-state index contributed by atoms with van der Waals surface area (Å²) in [6.07, 6.45) is 0. The molecule has 0 aliphatic heterocycles. The van der Waals surface area contributed by atoms with Gasteiger partial charge >= 0.3 is 0 Å². The van der Waals surface area contributed by atoms with E-state index in [0.717, 1.165) is 16.7 Å². The van der Waals surface area contributed by atoms with Crippen LogP contribution in [0.5, 0.6) is 5.75 Å². The second-order valence-electron chi connectivity index (χ2n) is 4.10. The van der Waals surface area contributed by atoms with Crippen molar-refractivity contribution in [1.82, 2.24) is 0 Å². The van der Waals surface area contributed by atoms with Gasteiger partial charge in [0.25, 0.3) is 0 Å². The zero-order valence-corrected chi connectivity index (χ0v) is 11.5. The molecule has 98 valence electrons. The van der Waals surface area contributed by atoms with Crippen molar-refractivity contribution in [3.8, 4) is 5.75 Å². The van der Waals surface area contributed by atoms with Crippen molar-refractivity contribution in [2.24, 2.45) is 5.16 Å². The molecule has 2 aromatic carbocycles. The Morgan fingerprint density at radius 2 is 1.95 bits per heavy atom. The first-order valence-electron chi connectivity index (χ1n) is 5.79. The van der Waals surface area contributed by atoms with E-state index in [1.165, 1.54) is 7.11 Å². The lowest BCUT2D eigenvalue weighted by molar-refractivity contribution is 0.214. The molecule has 0 amide bonds. The van der Waals surface area contributed by atoms with Crippen LogP contribution in [0.4, 0.5) is 0 Å². The lowest BCUT2D eigenvalue weighted by atomic mass is 10.0. The molecule has 2 rings (SSSR count). The van der Waals surface area contributed by atoms with Gasteiger partial charge in [0.1, 0.15) is 18.6 Å². The van der Waals surface area contributed by atoms with E-state index >= 15 is 0 Å². The Morgan fingerprint density at radius 1 is 1.21 bits per heavy atom. The summed E-state index contributed by atoms with van der Waals surface area (Å²) in [6.45, 7) is 1.83. The van der Waals surface area contributed by atoms with Gasteiger partial charge in [-0.2, -0.15) is 0 Å². The summed E-state index contributed by atoms with van der Waals surface area (Å²) >= 11 is 6.19. The molecule has 0 aromatic heterocycles. The van der Waals surface area contributed by atoms with Gasteiger partial charge in [-0.15, -0.1) is 0 Å². The van der Waals surface area contributed by atoms with Gasteiger partial charge in [-0.3, -0.25) is 0 Å². The highest BCUT2D eigenvalue weighted by Crippen LogP contribution is 2.23. The number of halogens is 1. The molecule has 19 heavy (non-hydrogen) atoms. The van der Waals surface area contributed by atoms with Crippen molar-refractivity contribution in [1.29, 1.82) is 0 Å². The van der Waals surface area contributed by atoms with Gasteiger partial charge in [0.05, 0.1) is 5.02 Å². The van der Waals surface area contributed by atoms with Crippen LogP contribution in [0.15, 0.2) is 47.6 Å². The number of phenolic OH excluding ortho intramolecular Hbond substituents is 1. The van der Waals surface area contributed by atoms with Gasteiger partial charge < -0.3 is 9.94 Å². The average molecular weight is 276 g/mol. The Kier molecular flexibility index (Phi) is 4.07.